The standard InChI is InChI=1S/C14H21N5O2/c1-3-12(19-7-4-5-16-19)14(21)18(9-10-20)11-13-15-6-8-17(13)2/h4-8,12,20H,3,9-11H2,1-2H3. The highest BCUT2D eigenvalue weighted by Crippen LogP contribution is 2.15. The third-order valence-corrected chi connectivity index (χ3v) is 3.45. The Bertz CT molecular complexity index is 564. The second-order valence-corrected chi connectivity index (χ2v) is 4.85. The molecule has 2 aromatic rings. The van der Waals surface area contributed by atoms with Crippen LogP contribution in [0.25, 0.3) is 0 Å². The van der Waals surface area contributed by atoms with Gasteiger partial charge in [0.2, 0.25) is 5.91 Å². The van der Waals surface area contributed by atoms with Crippen LogP contribution < -0.4 is 0 Å². The molecule has 1 N–H and O–H groups in total. The van der Waals surface area contributed by atoms with Gasteiger partial charge in [-0.25, -0.2) is 4.98 Å². The van der Waals surface area contributed by atoms with E-state index in [1.54, 1.807) is 34.2 Å². The van der Waals surface area contributed by atoms with Crippen LogP contribution in [0.4, 0.5) is 0 Å². The van der Waals surface area contributed by atoms with Crippen LogP contribution in [0.3, 0.4) is 0 Å². The number of aliphatic hydroxyl groups excluding tert-OH is 1. The van der Waals surface area contributed by atoms with Crippen molar-refractivity contribution in [3.05, 3.63) is 36.7 Å². The highest BCUT2D eigenvalue weighted by Gasteiger charge is 2.25. The van der Waals surface area contributed by atoms with E-state index in [0.717, 1.165) is 5.82 Å². The summed E-state index contributed by atoms with van der Waals surface area (Å²) < 4.78 is 3.53. The van der Waals surface area contributed by atoms with Gasteiger partial charge in [0.05, 0.1) is 13.2 Å². The van der Waals surface area contributed by atoms with Crippen LogP contribution in [0.2, 0.25) is 0 Å². The lowest BCUT2D eigenvalue weighted by Crippen LogP contribution is -2.39. The monoisotopic (exact) mass is 291 g/mol. The summed E-state index contributed by atoms with van der Waals surface area (Å²) in [6.45, 7) is 2.53. The average molecular weight is 291 g/mol. The third kappa shape index (κ3) is 3.49. The summed E-state index contributed by atoms with van der Waals surface area (Å²) in [6, 6.07) is 1.44. The average Bonchev–Trinajstić information content (AvgIpc) is 3.12. The zero-order valence-corrected chi connectivity index (χ0v) is 12.4. The first-order valence-electron chi connectivity index (χ1n) is 7.02. The van der Waals surface area contributed by atoms with Crippen molar-refractivity contribution in [3.8, 4) is 0 Å². The fourth-order valence-corrected chi connectivity index (χ4v) is 2.26. The highest BCUT2D eigenvalue weighted by molar-refractivity contribution is 5.80. The lowest BCUT2D eigenvalue weighted by atomic mass is 10.2. The minimum absolute atomic E-state index is 0.0572. The topological polar surface area (TPSA) is 76.2 Å². The van der Waals surface area contributed by atoms with Gasteiger partial charge in [0.1, 0.15) is 11.9 Å². The fraction of sp³-hybridized carbons (Fsp3) is 0.500. The van der Waals surface area contributed by atoms with Gasteiger partial charge >= 0.3 is 0 Å². The molecule has 114 valence electrons. The number of rotatable bonds is 7. The van der Waals surface area contributed by atoms with Gasteiger partial charge in [-0.1, -0.05) is 6.92 Å². The molecule has 1 amide bonds. The van der Waals surface area contributed by atoms with Crippen molar-refractivity contribution in [1.82, 2.24) is 24.2 Å². The van der Waals surface area contributed by atoms with E-state index in [-0.39, 0.29) is 25.1 Å². The maximum absolute atomic E-state index is 12.7. The molecule has 0 aliphatic rings. The van der Waals surface area contributed by atoms with Gasteiger partial charge in [0.15, 0.2) is 0 Å². The molecule has 1 atom stereocenters. The summed E-state index contributed by atoms with van der Waals surface area (Å²) in [5, 5.41) is 13.4. The molecule has 2 rings (SSSR count). The number of amides is 1. The number of nitrogens with zero attached hydrogens (tertiary/aromatic N) is 5. The largest absolute Gasteiger partial charge is 0.395 e. The van der Waals surface area contributed by atoms with Crippen molar-refractivity contribution >= 4 is 5.91 Å². The molecule has 0 bridgehead atoms. The molecule has 1 unspecified atom stereocenters. The molecule has 2 aromatic heterocycles. The van der Waals surface area contributed by atoms with Crippen molar-refractivity contribution in [2.75, 3.05) is 13.2 Å². The lowest BCUT2D eigenvalue weighted by molar-refractivity contribution is -0.136. The fourth-order valence-electron chi connectivity index (χ4n) is 2.26. The first-order valence-corrected chi connectivity index (χ1v) is 7.02. The Balaban J connectivity index is 2.16. The van der Waals surface area contributed by atoms with E-state index in [9.17, 15) is 9.90 Å². The molecule has 7 heteroatoms. The summed E-state index contributed by atoms with van der Waals surface area (Å²) in [4.78, 5) is 18.6. The number of aliphatic hydroxyl groups is 1. The summed E-state index contributed by atoms with van der Waals surface area (Å²) in [5.41, 5.74) is 0. The van der Waals surface area contributed by atoms with Crippen molar-refractivity contribution in [2.24, 2.45) is 7.05 Å². The maximum atomic E-state index is 12.7. The predicted molar refractivity (Wildman–Crippen MR) is 77.3 cm³/mol. The SMILES string of the molecule is CCC(C(=O)N(CCO)Cc1nccn1C)n1cccn1. The Hall–Kier alpha value is -2.15. The van der Waals surface area contributed by atoms with Gasteiger partial charge in [-0.2, -0.15) is 5.10 Å². The van der Waals surface area contributed by atoms with Crippen LogP contribution in [0.1, 0.15) is 25.2 Å². The van der Waals surface area contributed by atoms with Crippen molar-refractivity contribution in [3.63, 3.8) is 0 Å². The lowest BCUT2D eigenvalue weighted by Gasteiger charge is -2.26. The first kappa shape index (κ1) is 15.2. The zero-order chi connectivity index (χ0) is 15.2. The molecule has 0 spiro atoms. The quantitative estimate of drug-likeness (QED) is 0.810. The summed E-state index contributed by atoms with van der Waals surface area (Å²) in [7, 11) is 1.88. The van der Waals surface area contributed by atoms with E-state index in [1.807, 2.05) is 24.7 Å². The molecule has 0 saturated carbocycles. The van der Waals surface area contributed by atoms with Gasteiger partial charge in [0, 0.05) is 38.4 Å². The summed E-state index contributed by atoms with van der Waals surface area (Å²) >= 11 is 0. The van der Waals surface area contributed by atoms with E-state index < -0.39 is 0 Å². The first-order chi connectivity index (χ1) is 10.2. The van der Waals surface area contributed by atoms with Crippen LogP contribution in [-0.2, 0) is 18.4 Å². The molecule has 0 fully saturated rings. The van der Waals surface area contributed by atoms with Crippen LogP contribution in [0.5, 0.6) is 0 Å². The number of hydrogen-bond donors (Lipinski definition) is 1. The van der Waals surface area contributed by atoms with Crippen molar-refractivity contribution < 1.29 is 9.90 Å². The van der Waals surface area contributed by atoms with Crippen LogP contribution in [-0.4, -0.2) is 48.4 Å². The van der Waals surface area contributed by atoms with E-state index in [0.29, 0.717) is 13.0 Å². The van der Waals surface area contributed by atoms with Gasteiger partial charge < -0.3 is 14.6 Å². The van der Waals surface area contributed by atoms with Crippen molar-refractivity contribution in [2.45, 2.75) is 25.9 Å². The molecular formula is C14H21N5O2. The number of aromatic nitrogens is 4. The second-order valence-electron chi connectivity index (χ2n) is 4.85. The van der Waals surface area contributed by atoms with Crippen molar-refractivity contribution in [1.29, 1.82) is 0 Å². The Morgan fingerprint density at radius 1 is 1.43 bits per heavy atom. The molecular weight excluding hydrogens is 270 g/mol. The van der Waals surface area contributed by atoms with E-state index in [4.69, 9.17) is 0 Å². The number of carbonyl (C=O) groups excluding carboxylic acids is 1. The van der Waals surface area contributed by atoms with Gasteiger partial charge in [-0.3, -0.25) is 9.48 Å². The molecule has 7 nitrogen and oxygen atoms in total. The van der Waals surface area contributed by atoms with Crippen LogP contribution >= 0.6 is 0 Å². The van der Waals surface area contributed by atoms with E-state index in [2.05, 4.69) is 10.1 Å². The number of carbonyl (C=O) groups is 1. The normalized spacial score (nSPS) is 12.3. The molecule has 2 heterocycles. The predicted octanol–water partition coefficient (Wildman–Crippen LogP) is 0.589. The van der Waals surface area contributed by atoms with Crippen LogP contribution in [0, 0.1) is 0 Å². The summed E-state index contributed by atoms with van der Waals surface area (Å²) in [5.74, 6) is 0.727. The molecule has 21 heavy (non-hydrogen) atoms. The van der Waals surface area contributed by atoms with E-state index in [1.165, 1.54) is 0 Å². The second kappa shape index (κ2) is 7.03. The number of imidazole rings is 1. The minimum Gasteiger partial charge on any atom is -0.395 e. The Kier molecular flexibility index (Phi) is 5.10. The van der Waals surface area contributed by atoms with Gasteiger partial charge in [-0.05, 0) is 12.5 Å². The van der Waals surface area contributed by atoms with Crippen LogP contribution in [0.15, 0.2) is 30.9 Å². The summed E-state index contributed by atoms with van der Waals surface area (Å²) in [6.07, 6.45) is 7.61. The van der Waals surface area contributed by atoms with Gasteiger partial charge in [-0.15, -0.1) is 0 Å². The highest BCUT2D eigenvalue weighted by atomic mass is 16.3. The minimum atomic E-state index is -0.355. The Morgan fingerprint density at radius 3 is 2.76 bits per heavy atom. The Labute approximate surface area is 123 Å². The maximum Gasteiger partial charge on any atom is 0.247 e. The smallest absolute Gasteiger partial charge is 0.247 e. The molecule has 0 aliphatic carbocycles. The van der Waals surface area contributed by atoms with E-state index >= 15 is 0 Å². The molecule has 0 aliphatic heterocycles. The third-order valence-electron chi connectivity index (χ3n) is 3.45. The molecule has 0 aromatic carbocycles. The number of hydrogen-bond acceptors (Lipinski definition) is 4. The Morgan fingerprint density at radius 2 is 2.24 bits per heavy atom. The molecule has 0 radical (unpaired) electrons. The zero-order valence-electron chi connectivity index (χ0n) is 12.4. The number of aryl methyl sites for hydroxylation is 1. The molecule has 0 saturated heterocycles. The van der Waals surface area contributed by atoms with Gasteiger partial charge in [0.25, 0.3) is 0 Å².